The standard InChI is InChI=1S/C31H38N4O4/c1-3-4-5-6-7-16-39-27-14-12-23(13-15-27)25-18-33-29(34-19-25)24-10-8-22(9-11-24)17-28(32-2)30(36)35-20-26(21-35)31(37)38/h8-15,18-19,26,28,32H,3-7,16-17,20-21H2,1-2H3,(H,37,38). The van der Waals surface area contributed by atoms with Gasteiger partial charge in [0.2, 0.25) is 5.91 Å². The molecular weight excluding hydrogens is 492 g/mol. The fourth-order valence-electron chi connectivity index (χ4n) is 4.64. The molecule has 1 fully saturated rings. The van der Waals surface area contributed by atoms with E-state index in [1.54, 1.807) is 11.9 Å². The molecule has 39 heavy (non-hydrogen) atoms. The van der Waals surface area contributed by atoms with Crippen molar-refractivity contribution in [3.05, 3.63) is 66.5 Å². The smallest absolute Gasteiger partial charge is 0.310 e. The Morgan fingerprint density at radius 3 is 2.21 bits per heavy atom. The van der Waals surface area contributed by atoms with Crippen LogP contribution in [0.5, 0.6) is 5.75 Å². The van der Waals surface area contributed by atoms with E-state index in [0.717, 1.165) is 41.0 Å². The van der Waals surface area contributed by atoms with E-state index in [2.05, 4.69) is 22.2 Å². The van der Waals surface area contributed by atoms with Crippen LogP contribution in [0.15, 0.2) is 60.9 Å². The molecule has 0 spiro atoms. The van der Waals surface area contributed by atoms with Crippen LogP contribution in [-0.2, 0) is 16.0 Å². The Hall–Kier alpha value is -3.78. The lowest BCUT2D eigenvalue weighted by molar-refractivity contribution is -0.153. The van der Waals surface area contributed by atoms with Gasteiger partial charge in [-0.3, -0.25) is 9.59 Å². The number of aromatic nitrogens is 2. The van der Waals surface area contributed by atoms with E-state index in [0.29, 0.717) is 12.2 Å². The number of benzene rings is 2. The Morgan fingerprint density at radius 2 is 1.59 bits per heavy atom. The number of rotatable bonds is 14. The molecule has 0 saturated carbocycles. The van der Waals surface area contributed by atoms with E-state index in [1.165, 1.54) is 25.7 Å². The molecule has 1 saturated heterocycles. The molecule has 2 heterocycles. The van der Waals surface area contributed by atoms with Gasteiger partial charge in [-0.2, -0.15) is 0 Å². The van der Waals surface area contributed by atoms with Gasteiger partial charge in [0.05, 0.1) is 18.6 Å². The van der Waals surface area contributed by atoms with Gasteiger partial charge >= 0.3 is 5.97 Å². The highest BCUT2D eigenvalue weighted by Gasteiger charge is 2.37. The van der Waals surface area contributed by atoms with Crippen molar-refractivity contribution in [2.45, 2.75) is 51.5 Å². The second-order valence-electron chi connectivity index (χ2n) is 10.1. The first-order valence-electron chi connectivity index (χ1n) is 13.8. The van der Waals surface area contributed by atoms with Crippen molar-refractivity contribution in [1.82, 2.24) is 20.2 Å². The van der Waals surface area contributed by atoms with Crippen molar-refractivity contribution in [2.75, 3.05) is 26.7 Å². The first-order chi connectivity index (χ1) is 19.0. The predicted molar refractivity (Wildman–Crippen MR) is 151 cm³/mol. The maximum atomic E-state index is 12.7. The number of amides is 1. The number of carbonyl (C=O) groups is 2. The lowest BCUT2D eigenvalue weighted by Crippen LogP contribution is -2.58. The molecular formula is C31H38N4O4. The second-order valence-corrected chi connectivity index (χ2v) is 10.1. The normalized spacial score (nSPS) is 14.1. The number of carbonyl (C=O) groups excluding carboxylic acids is 1. The minimum atomic E-state index is -0.850. The fourth-order valence-corrected chi connectivity index (χ4v) is 4.64. The maximum absolute atomic E-state index is 12.7. The number of ether oxygens (including phenoxy) is 1. The molecule has 0 bridgehead atoms. The number of unbranched alkanes of at least 4 members (excludes halogenated alkanes) is 4. The van der Waals surface area contributed by atoms with Gasteiger partial charge < -0.3 is 20.1 Å². The molecule has 8 heteroatoms. The molecule has 1 unspecified atom stereocenters. The molecule has 8 nitrogen and oxygen atoms in total. The zero-order chi connectivity index (χ0) is 27.6. The highest BCUT2D eigenvalue weighted by molar-refractivity contribution is 5.85. The molecule has 1 aromatic heterocycles. The Morgan fingerprint density at radius 1 is 0.949 bits per heavy atom. The summed E-state index contributed by atoms with van der Waals surface area (Å²) in [4.78, 5) is 34.5. The number of aliphatic carboxylic acids is 1. The predicted octanol–water partition coefficient (Wildman–Crippen LogP) is 4.83. The lowest BCUT2D eigenvalue weighted by atomic mass is 9.97. The van der Waals surface area contributed by atoms with Crippen molar-refractivity contribution in [3.8, 4) is 28.3 Å². The summed E-state index contributed by atoms with van der Waals surface area (Å²) in [5.41, 5.74) is 3.87. The Bertz CT molecular complexity index is 1210. The molecule has 1 amide bonds. The van der Waals surface area contributed by atoms with Crippen LogP contribution in [0.1, 0.15) is 44.6 Å². The van der Waals surface area contributed by atoms with E-state index in [4.69, 9.17) is 9.84 Å². The first-order valence-corrected chi connectivity index (χ1v) is 13.8. The van der Waals surface area contributed by atoms with Gasteiger partial charge in [-0.25, -0.2) is 9.97 Å². The summed E-state index contributed by atoms with van der Waals surface area (Å²) in [6, 6.07) is 15.5. The number of carboxylic acids is 1. The van der Waals surface area contributed by atoms with Crippen LogP contribution in [0, 0.1) is 5.92 Å². The van der Waals surface area contributed by atoms with Crippen LogP contribution >= 0.6 is 0 Å². The summed E-state index contributed by atoms with van der Waals surface area (Å²) in [5.74, 6) is 0.135. The van der Waals surface area contributed by atoms with Crippen molar-refractivity contribution in [1.29, 1.82) is 0 Å². The zero-order valence-corrected chi connectivity index (χ0v) is 22.8. The van der Waals surface area contributed by atoms with Gasteiger partial charge in [-0.05, 0) is 43.1 Å². The molecule has 2 aromatic carbocycles. The third kappa shape index (κ3) is 7.63. The molecule has 1 atom stereocenters. The van der Waals surface area contributed by atoms with Crippen molar-refractivity contribution >= 4 is 11.9 Å². The highest BCUT2D eigenvalue weighted by atomic mass is 16.5. The van der Waals surface area contributed by atoms with E-state index < -0.39 is 17.9 Å². The number of hydrogen-bond donors (Lipinski definition) is 2. The molecule has 4 rings (SSSR count). The quantitative estimate of drug-likeness (QED) is 0.288. The fraction of sp³-hybridized carbons (Fsp3) is 0.419. The van der Waals surface area contributed by atoms with Gasteiger partial charge in [-0.1, -0.05) is 69.0 Å². The highest BCUT2D eigenvalue weighted by Crippen LogP contribution is 2.24. The Labute approximate surface area is 230 Å². The summed E-state index contributed by atoms with van der Waals surface area (Å²) in [6.07, 6.45) is 10.3. The van der Waals surface area contributed by atoms with E-state index >= 15 is 0 Å². The number of nitrogens with zero attached hydrogens (tertiary/aromatic N) is 3. The lowest BCUT2D eigenvalue weighted by Gasteiger charge is -2.38. The van der Waals surface area contributed by atoms with Gasteiger partial charge in [-0.15, -0.1) is 0 Å². The van der Waals surface area contributed by atoms with Crippen molar-refractivity contribution in [2.24, 2.45) is 5.92 Å². The van der Waals surface area contributed by atoms with E-state index in [-0.39, 0.29) is 19.0 Å². The number of likely N-dealkylation sites (N-methyl/N-ethyl adjacent to an activating group) is 1. The zero-order valence-electron chi connectivity index (χ0n) is 22.8. The van der Waals surface area contributed by atoms with Crippen LogP contribution in [0.25, 0.3) is 22.5 Å². The maximum Gasteiger partial charge on any atom is 0.310 e. The van der Waals surface area contributed by atoms with Crippen LogP contribution in [0.4, 0.5) is 0 Å². The summed E-state index contributed by atoms with van der Waals surface area (Å²) in [7, 11) is 1.75. The Balaban J connectivity index is 1.29. The average molecular weight is 531 g/mol. The molecule has 1 aliphatic rings. The molecule has 1 aliphatic heterocycles. The number of hydrogen-bond acceptors (Lipinski definition) is 6. The van der Waals surface area contributed by atoms with E-state index in [9.17, 15) is 9.59 Å². The van der Waals surface area contributed by atoms with Gasteiger partial charge in [0, 0.05) is 36.6 Å². The van der Waals surface area contributed by atoms with Gasteiger partial charge in [0.25, 0.3) is 0 Å². The minimum Gasteiger partial charge on any atom is -0.494 e. The third-order valence-electron chi connectivity index (χ3n) is 7.20. The average Bonchev–Trinajstić information content (AvgIpc) is 2.93. The first kappa shape index (κ1) is 28.2. The summed E-state index contributed by atoms with van der Waals surface area (Å²) in [5, 5.41) is 12.1. The Kier molecular flexibility index (Phi) is 10.0. The molecule has 3 aromatic rings. The largest absolute Gasteiger partial charge is 0.494 e. The number of nitrogens with one attached hydrogen (secondary N) is 1. The third-order valence-corrected chi connectivity index (χ3v) is 7.20. The monoisotopic (exact) mass is 530 g/mol. The molecule has 0 aliphatic carbocycles. The van der Waals surface area contributed by atoms with Crippen molar-refractivity contribution in [3.63, 3.8) is 0 Å². The summed E-state index contributed by atoms with van der Waals surface area (Å²) >= 11 is 0. The summed E-state index contributed by atoms with van der Waals surface area (Å²) < 4.78 is 5.86. The van der Waals surface area contributed by atoms with Crippen LogP contribution < -0.4 is 10.1 Å². The molecule has 2 N–H and O–H groups in total. The minimum absolute atomic E-state index is 0.0694. The van der Waals surface area contributed by atoms with Gasteiger partial charge in [0.1, 0.15) is 5.75 Å². The van der Waals surface area contributed by atoms with Crippen LogP contribution in [0.3, 0.4) is 0 Å². The van der Waals surface area contributed by atoms with Crippen LogP contribution in [-0.4, -0.2) is 64.6 Å². The molecule has 206 valence electrons. The van der Waals surface area contributed by atoms with Crippen molar-refractivity contribution < 1.29 is 19.4 Å². The van der Waals surface area contributed by atoms with E-state index in [1.807, 2.05) is 60.9 Å². The number of likely N-dealkylation sites (tertiary alicyclic amines) is 1. The topological polar surface area (TPSA) is 105 Å². The van der Waals surface area contributed by atoms with Gasteiger partial charge in [0.15, 0.2) is 5.82 Å². The molecule has 0 radical (unpaired) electrons. The van der Waals surface area contributed by atoms with Crippen LogP contribution in [0.2, 0.25) is 0 Å². The second kappa shape index (κ2) is 13.8. The number of carboxylic acid groups (broad SMARTS) is 1. The summed E-state index contributed by atoms with van der Waals surface area (Å²) in [6.45, 7) is 3.51. The SMILES string of the molecule is CCCCCCCOc1ccc(-c2cnc(-c3ccc(CC(NC)C(=O)N4CC(C(=O)O)C4)cc3)nc2)cc1.